The number of hydrogen-bond acceptors (Lipinski definition) is 3. The molecular formula is C40H30F3N3O. The smallest absolute Gasteiger partial charge is 0.416 e. The molecule has 6 aromatic carbocycles. The Balaban J connectivity index is 1.23. The number of aryl methyl sites for hydroxylation is 2. The number of rotatable bonds is 5. The molecule has 8 rings (SSSR count). The highest BCUT2D eigenvalue weighted by Crippen LogP contribution is 2.41. The third kappa shape index (κ3) is 4.86. The van der Waals surface area contributed by atoms with Crippen LogP contribution >= 0.6 is 0 Å². The lowest BCUT2D eigenvalue weighted by atomic mass is 10.1. The first-order chi connectivity index (χ1) is 22.7. The molecule has 47 heavy (non-hydrogen) atoms. The minimum atomic E-state index is -4.37. The Morgan fingerprint density at radius 1 is 0.553 bits per heavy atom. The third-order valence-electron chi connectivity index (χ3n) is 9.08. The van der Waals surface area contributed by atoms with Crippen LogP contribution in [0, 0.1) is 6.92 Å². The zero-order chi connectivity index (χ0) is 32.4. The quantitative estimate of drug-likeness (QED) is 0.190. The predicted molar refractivity (Wildman–Crippen MR) is 187 cm³/mol. The number of anilines is 5. The Morgan fingerprint density at radius 2 is 1.11 bits per heavy atom. The standard InChI is InChI=1S/C40H30F3N3O/c1-25-9-19-38-34(21-25)35-22-30(16-20-39(35)47-38)46(28-7-5-4-6-8-28)31-15-18-33-32-17-14-29(23-36(32)45(3)37(33)24-31)44(2)27-12-10-26(11-13-27)40(41,42)43/h4-24H,1-3H3. The zero-order valence-electron chi connectivity index (χ0n) is 26.0. The lowest BCUT2D eigenvalue weighted by molar-refractivity contribution is -0.137. The van der Waals surface area contributed by atoms with Gasteiger partial charge in [-0.1, -0.05) is 42.0 Å². The summed E-state index contributed by atoms with van der Waals surface area (Å²) in [4.78, 5) is 4.16. The van der Waals surface area contributed by atoms with Gasteiger partial charge in [-0.05, 0) is 97.9 Å². The van der Waals surface area contributed by atoms with Crippen LogP contribution in [0.3, 0.4) is 0 Å². The normalized spacial score (nSPS) is 12.0. The minimum absolute atomic E-state index is 0.660. The lowest BCUT2D eigenvalue weighted by Gasteiger charge is -2.25. The van der Waals surface area contributed by atoms with E-state index in [9.17, 15) is 13.2 Å². The molecule has 7 heteroatoms. The van der Waals surface area contributed by atoms with E-state index in [-0.39, 0.29) is 0 Å². The highest BCUT2D eigenvalue weighted by molar-refractivity contribution is 6.10. The van der Waals surface area contributed by atoms with E-state index in [4.69, 9.17) is 4.42 Å². The van der Waals surface area contributed by atoms with Crippen molar-refractivity contribution in [2.75, 3.05) is 16.8 Å². The first-order valence-corrected chi connectivity index (χ1v) is 15.4. The fourth-order valence-corrected chi connectivity index (χ4v) is 6.59. The van der Waals surface area contributed by atoms with Crippen LogP contribution in [0.1, 0.15) is 11.1 Å². The number of para-hydroxylation sites is 1. The average Bonchev–Trinajstić information content (AvgIpc) is 3.58. The van der Waals surface area contributed by atoms with Crippen LogP contribution in [-0.4, -0.2) is 11.6 Å². The molecule has 4 nitrogen and oxygen atoms in total. The molecule has 0 N–H and O–H groups in total. The van der Waals surface area contributed by atoms with Gasteiger partial charge in [0.1, 0.15) is 11.2 Å². The number of furan rings is 1. The molecule has 0 aliphatic rings. The number of alkyl halides is 3. The topological polar surface area (TPSA) is 24.6 Å². The third-order valence-corrected chi connectivity index (χ3v) is 9.08. The SMILES string of the molecule is Cc1ccc2oc3ccc(N(c4ccccc4)c4ccc5c6ccc(N(C)c7ccc(C(F)(F)F)cc7)cc6n(C)c5c4)cc3c2c1. The second kappa shape index (κ2) is 10.7. The van der Waals surface area contributed by atoms with E-state index in [0.717, 1.165) is 78.6 Å². The highest BCUT2D eigenvalue weighted by Gasteiger charge is 2.30. The van der Waals surface area contributed by atoms with Gasteiger partial charge in [0.05, 0.1) is 16.6 Å². The number of halogens is 3. The van der Waals surface area contributed by atoms with Gasteiger partial charge in [0.2, 0.25) is 0 Å². The van der Waals surface area contributed by atoms with Crippen molar-refractivity contribution in [3.63, 3.8) is 0 Å². The Hall–Kier alpha value is -5.69. The predicted octanol–water partition coefficient (Wildman–Crippen LogP) is 11.8. The Morgan fingerprint density at radius 3 is 1.79 bits per heavy atom. The molecule has 2 aromatic heterocycles. The van der Waals surface area contributed by atoms with Crippen LogP contribution in [0.5, 0.6) is 0 Å². The summed E-state index contributed by atoms with van der Waals surface area (Å²) in [7, 11) is 3.92. The zero-order valence-corrected chi connectivity index (χ0v) is 26.0. The van der Waals surface area contributed by atoms with Crippen LogP contribution in [-0.2, 0) is 13.2 Å². The molecule has 0 aliphatic heterocycles. The van der Waals surface area contributed by atoms with Crippen LogP contribution in [0.4, 0.5) is 41.6 Å². The van der Waals surface area contributed by atoms with Crippen molar-refractivity contribution in [2.24, 2.45) is 7.05 Å². The van der Waals surface area contributed by atoms with Gasteiger partial charge in [0.15, 0.2) is 0 Å². The average molecular weight is 626 g/mol. The van der Waals surface area contributed by atoms with Crippen molar-refractivity contribution < 1.29 is 17.6 Å². The fraction of sp³-hybridized carbons (Fsp3) is 0.100. The molecule has 0 spiro atoms. The summed E-state index contributed by atoms with van der Waals surface area (Å²) in [5, 5.41) is 4.38. The molecular weight excluding hydrogens is 595 g/mol. The Labute approximate surface area is 269 Å². The van der Waals surface area contributed by atoms with Gasteiger partial charge in [0, 0.05) is 64.1 Å². The molecule has 0 fully saturated rings. The van der Waals surface area contributed by atoms with Gasteiger partial charge < -0.3 is 18.8 Å². The van der Waals surface area contributed by atoms with Gasteiger partial charge in [-0.25, -0.2) is 0 Å². The second-order valence-electron chi connectivity index (χ2n) is 12.0. The molecule has 0 amide bonds. The summed E-state index contributed by atoms with van der Waals surface area (Å²) < 4.78 is 47.7. The summed E-state index contributed by atoms with van der Waals surface area (Å²) >= 11 is 0. The van der Waals surface area contributed by atoms with Gasteiger partial charge in [0.25, 0.3) is 0 Å². The summed E-state index contributed by atoms with van der Waals surface area (Å²) in [6.07, 6.45) is -4.37. The van der Waals surface area contributed by atoms with E-state index >= 15 is 0 Å². The molecule has 0 unspecified atom stereocenters. The van der Waals surface area contributed by atoms with E-state index in [1.54, 1.807) is 0 Å². The van der Waals surface area contributed by atoms with E-state index in [1.807, 2.05) is 48.3 Å². The summed E-state index contributed by atoms with van der Waals surface area (Å²) in [6, 6.07) is 40.9. The fourth-order valence-electron chi connectivity index (χ4n) is 6.59. The monoisotopic (exact) mass is 625 g/mol. The first kappa shape index (κ1) is 28.8. The van der Waals surface area contributed by atoms with Crippen LogP contribution in [0.2, 0.25) is 0 Å². The van der Waals surface area contributed by atoms with Crippen molar-refractivity contribution in [1.82, 2.24) is 4.57 Å². The molecule has 0 saturated carbocycles. The summed E-state index contributed by atoms with van der Waals surface area (Å²) in [6.45, 7) is 2.09. The second-order valence-corrected chi connectivity index (χ2v) is 12.0. The minimum Gasteiger partial charge on any atom is -0.456 e. The number of aromatic nitrogens is 1. The van der Waals surface area contributed by atoms with Crippen molar-refractivity contribution in [3.8, 4) is 0 Å². The molecule has 8 aromatic rings. The molecule has 0 saturated heterocycles. The van der Waals surface area contributed by atoms with E-state index < -0.39 is 11.7 Å². The first-order valence-electron chi connectivity index (χ1n) is 15.4. The van der Waals surface area contributed by atoms with Crippen molar-refractivity contribution >= 4 is 72.2 Å². The summed E-state index contributed by atoms with van der Waals surface area (Å²) in [5.74, 6) is 0. The highest BCUT2D eigenvalue weighted by atomic mass is 19.4. The number of nitrogens with zero attached hydrogens (tertiary/aromatic N) is 3. The number of benzene rings is 6. The van der Waals surface area contributed by atoms with Crippen LogP contribution in [0.25, 0.3) is 43.7 Å². The molecule has 0 atom stereocenters. The van der Waals surface area contributed by atoms with E-state index in [0.29, 0.717) is 5.69 Å². The van der Waals surface area contributed by atoms with Gasteiger partial charge in [-0.15, -0.1) is 0 Å². The molecule has 0 bridgehead atoms. The van der Waals surface area contributed by atoms with Crippen LogP contribution in [0.15, 0.2) is 132 Å². The maximum absolute atomic E-state index is 13.1. The van der Waals surface area contributed by atoms with E-state index in [2.05, 4.69) is 90.2 Å². The Bertz CT molecular complexity index is 2440. The largest absolute Gasteiger partial charge is 0.456 e. The van der Waals surface area contributed by atoms with Gasteiger partial charge in [-0.3, -0.25) is 0 Å². The molecule has 2 heterocycles. The number of fused-ring (bicyclic) bond motifs is 6. The number of hydrogen-bond donors (Lipinski definition) is 0. The maximum atomic E-state index is 13.1. The molecule has 0 radical (unpaired) electrons. The molecule has 0 aliphatic carbocycles. The maximum Gasteiger partial charge on any atom is 0.416 e. The van der Waals surface area contributed by atoms with Crippen LogP contribution < -0.4 is 9.80 Å². The van der Waals surface area contributed by atoms with Crippen molar-refractivity contribution in [2.45, 2.75) is 13.1 Å². The lowest BCUT2D eigenvalue weighted by Crippen LogP contribution is -2.10. The van der Waals surface area contributed by atoms with E-state index in [1.165, 1.54) is 17.7 Å². The van der Waals surface area contributed by atoms with Gasteiger partial charge >= 0.3 is 6.18 Å². The van der Waals surface area contributed by atoms with Gasteiger partial charge in [-0.2, -0.15) is 13.2 Å². The summed E-state index contributed by atoms with van der Waals surface area (Å²) in [5.41, 5.74) is 8.96. The Kier molecular flexibility index (Phi) is 6.55. The van der Waals surface area contributed by atoms with Crippen molar-refractivity contribution in [3.05, 3.63) is 139 Å². The van der Waals surface area contributed by atoms with Crippen molar-refractivity contribution in [1.29, 1.82) is 0 Å². The molecule has 232 valence electrons.